The number of rotatable bonds is 10. The van der Waals surface area contributed by atoms with Crippen LogP contribution in [-0.2, 0) is 24.8 Å². The maximum atomic E-state index is 13.1. The van der Waals surface area contributed by atoms with E-state index in [1.54, 1.807) is 30.3 Å². The molecule has 37 heavy (non-hydrogen) atoms. The van der Waals surface area contributed by atoms with Gasteiger partial charge in [0.2, 0.25) is 10.0 Å². The molecule has 0 amide bonds. The number of carboxylic acids is 1. The molecule has 0 bridgehead atoms. The van der Waals surface area contributed by atoms with Gasteiger partial charge in [-0.05, 0) is 48.0 Å². The molecule has 1 atom stereocenters. The molecule has 1 unspecified atom stereocenters. The third-order valence-corrected chi connectivity index (χ3v) is 8.22. The molecule has 0 aromatic heterocycles. The maximum absolute atomic E-state index is 13.1. The van der Waals surface area contributed by atoms with Crippen molar-refractivity contribution in [1.82, 2.24) is 10.0 Å². The van der Waals surface area contributed by atoms with Gasteiger partial charge in [-0.1, -0.05) is 36.4 Å². The fraction of sp³-hybridized carbons (Fsp3) is 0.167. The van der Waals surface area contributed by atoms with Crippen LogP contribution in [0.15, 0.2) is 93.6 Å². The Morgan fingerprint density at radius 3 is 2.30 bits per heavy atom. The summed E-state index contributed by atoms with van der Waals surface area (Å²) >= 11 is 0. The van der Waals surface area contributed by atoms with Gasteiger partial charge in [-0.15, -0.1) is 0 Å². The molecule has 1 aliphatic rings. The first-order valence-corrected chi connectivity index (χ1v) is 14.2. The van der Waals surface area contributed by atoms with Crippen molar-refractivity contribution in [3.8, 4) is 0 Å². The standard InChI is InChI=1S/C24H25N5O6S2/c30-23(31)16-22(29-36(32,33)20-9-2-1-3-10-20)17-6-4-8-19(14-17)28-37(34,35)21-11-5-7-18(15-21)27-24-25-12-13-26-24/h1-11,14-15,22,28-29H,12-13,16H2,(H,30,31)(H2,25,26,27). The highest BCUT2D eigenvalue weighted by Crippen LogP contribution is 2.25. The van der Waals surface area contributed by atoms with E-state index in [9.17, 15) is 26.7 Å². The van der Waals surface area contributed by atoms with E-state index in [2.05, 4.69) is 25.1 Å². The minimum absolute atomic E-state index is 0.00614. The lowest BCUT2D eigenvalue weighted by Gasteiger charge is -2.19. The topological polar surface area (TPSA) is 166 Å². The van der Waals surface area contributed by atoms with Crippen LogP contribution in [0.1, 0.15) is 18.0 Å². The van der Waals surface area contributed by atoms with Crippen LogP contribution < -0.4 is 20.1 Å². The molecular formula is C24H25N5O6S2. The summed E-state index contributed by atoms with van der Waals surface area (Å²) in [6.07, 6.45) is -0.548. The number of sulfonamides is 2. The van der Waals surface area contributed by atoms with Crippen molar-refractivity contribution in [1.29, 1.82) is 0 Å². The van der Waals surface area contributed by atoms with E-state index in [0.717, 1.165) is 0 Å². The third kappa shape index (κ3) is 6.84. The molecule has 1 aliphatic heterocycles. The molecule has 0 saturated carbocycles. The number of hydrogen-bond donors (Lipinski definition) is 5. The highest BCUT2D eigenvalue weighted by Gasteiger charge is 2.24. The molecule has 3 aromatic rings. The summed E-state index contributed by atoms with van der Waals surface area (Å²) in [4.78, 5) is 15.7. The summed E-state index contributed by atoms with van der Waals surface area (Å²) in [6.45, 7) is 1.32. The van der Waals surface area contributed by atoms with E-state index < -0.39 is 38.5 Å². The highest BCUT2D eigenvalue weighted by molar-refractivity contribution is 7.92. The number of aliphatic carboxylic acids is 1. The van der Waals surface area contributed by atoms with Crippen LogP contribution >= 0.6 is 0 Å². The van der Waals surface area contributed by atoms with Gasteiger partial charge in [0.1, 0.15) is 0 Å². The van der Waals surface area contributed by atoms with Crippen molar-refractivity contribution in [2.75, 3.05) is 23.1 Å². The highest BCUT2D eigenvalue weighted by atomic mass is 32.2. The molecule has 0 saturated heterocycles. The van der Waals surface area contributed by atoms with Gasteiger partial charge in [-0.3, -0.25) is 14.5 Å². The largest absolute Gasteiger partial charge is 0.481 e. The van der Waals surface area contributed by atoms with E-state index in [-0.39, 0.29) is 21.0 Å². The zero-order valence-electron chi connectivity index (χ0n) is 19.5. The Kier molecular flexibility index (Phi) is 7.76. The zero-order valence-corrected chi connectivity index (χ0v) is 21.1. The number of nitrogens with one attached hydrogen (secondary N) is 4. The van der Waals surface area contributed by atoms with Gasteiger partial charge in [0, 0.05) is 17.9 Å². The number of anilines is 2. The third-order valence-electron chi connectivity index (χ3n) is 5.35. The van der Waals surface area contributed by atoms with Crippen molar-refractivity contribution in [3.63, 3.8) is 0 Å². The number of carboxylic acid groups (broad SMARTS) is 1. The van der Waals surface area contributed by atoms with Gasteiger partial charge >= 0.3 is 5.97 Å². The molecule has 0 fully saturated rings. The fourth-order valence-electron chi connectivity index (χ4n) is 3.65. The van der Waals surface area contributed by atoms with E-state index in [1.165, 1.54) is 48.5 Å². The second-order valence-electron chi connectivity index (χ2n) is 8.13. The minimum atomic E-state index is -4.03. The quantitative estimate of drug-likeness (QED) is 0.260. The predicted octanol–water partition coefficient (Wildman–Crippen LogP) is 2.35. The van der Waals surface area contributed by atoms with Gasteiger partial charge < -0.3 is 15.7 Å². The van der Waals surface area contributed by atoms with Crippen LogP contribution in [0.3, 0.4) is 0 Å². The molecule has 194 valence electrons. The summed E-state index contributed by atoms with van der Waals surface area (Å²) in [5.74, 6) is -0.671. The Labute approximate surface area is 214 Å². The number of nitrogens with zero attached hydrogens (tertiary/aromatic N) is 1. The lowest BCUT2D eigenvalue weighted by atomic mass is 10.0. The first-order chi connectivity index (χ1) is 17.6. The minimum Gasteiger partial charge on any atom is -0.481 e. The number of aliphatic imine (C=N–C) groups is 1. The predicted molar refractivity (Wildman–Crippen MR) is 139 cm³/mol. The summed E-state index contributed by atoms with van der Waals surface area (Å²) < 4.78 is 56.7. The van der Waals surface area contributed by atoms with Gasteiger partial charge in [0.15, 0.2) is 5.96 Å². The number of benzene rings is 3. The normalized spacial score (nSPS) is 14.3. The molecule has 5 N–H and O–H groups in total. The van der Waals surface area contributed by atoms with Crippen molar-refractivity contribution < 1.29 is 26.7 Å². The Bertz CT molecular complexity index is 1530. The van der Waals surface area contributed by atoms with Crippen LogP contribution in [0, 0.1) is 0 Å². The van der Waals surface area contributed by atoms with Crippen molar-refractivity contribution in [2.24, 2.45) is 4.99 Å². The zero-order chi connectivity index (χ0) is 26.5. The first kappa shape index (κ1) is 26.1. The monoisotopic (exact) mass is 543 g/mol. The van der Waals surface area contributed by atoms with E-state index >= 15 is 0 Å². The molecule has 0 spiro atoms. The SMILES string of the molecule is O=C(O)CC(NS(=O)(=O)c1ccccc1)c1cccc(NS(=O)(=O)c2cccc(NC3=NCCN3)c2)c1. The Morgan fingerprint density at radius 1 is 0.892 bits per heavy atom. The molecule has 0 aliphatic carbocycles. The fourth-order valence-corrected chi connectivity index (χ4v) is 5.99. The second-order valence-corrected chi connectivity index (χ2v) is 11.5. The summed E-state index contributed by atoms with van der Waals surface area (Å²) in [5.41, 5.74) is 0.955. The summed E-state index contributed by atoms with van der Waals surface area (Å²) in [6, 6.07) is 18.5. The van der Waals surface area contributed by atoms with Gasteiger partial charge in [-0.2, -0.15) is 0 Å². The van der Waals surface area contributed by atoms with Crippen LogP contribution in [0.2, 0.25) is 0 Å². The van der Waals surface area contributed by atoms with E-state index in [1.807, 2.05) is 0 Å². The lowest BCUT2D eigenvalue weighted by Crippen LogP contribution is -2.30. The first-order valence-electron chi connectivity index (χ1n) is 11.2. The Balaban J connectivity index is 1.56. The molecule has 3 aromatic carbocycles. The summed E-state index contributed by atoms with van der Waals surface area (Å²) in [5, 5.41) is 15.4. The molecule has 11 nitrogen and oxygen atoms in total. The maximum Gasteiger partial charge on any atom is 0.305 e. The van der Waals surface area contributed by atoms with Gasteiger partial charge in [0.25, 0.3) is 10.0 Å². The molecule has 4 rings (SSSR count). The van der Waals surface area contributed by atoms with Crippen LogP contribution in [0.25, 0.3) is 0 Å². The van der Waals surface area contributed by atoms with Crippen LogP contribution in [0.4, 0.5) is 11.4 Å². The average molecular weight is 544 g/mol. The van der Waals surface area contributed by atoms with Crippen molar-refractivity contribution in [3.05, 3.63) is 84.4 Å². The second kappa shape index (κ2) is 11.0. The van der Waals surface area contributed by atoms with Crippen molar-refractivity contribution >= 4 is 43.4 Å². The van der Waals surface area contributed by atoms with Crippen LogP contribution in [-0.4, -0.2) is 47.0 Å². The number of hydrogen-bond acceptors (Lipinski definition) is 8. The molecule has 1 heterocycles. The van der Waals surface area contributed by atoms with Gasteiger partial charge in [-0.25, -0.2) is 21.6 Å². The number of guanidine groups is 1. The lowest BCUT2D eigenvalue weighted by molar-refractivity contribution is -0.137. The molecule has 13 heteroatoms. The van der Waals surface area contributed by atoms with Crippen molar-refractivity contribution in [2.45, 2.75) is 22.3 Å². The van der Waals surface area contributed by atoms with E-state index in [0.29, 0.717) is 24.7 Å². The number of carbonyl (C=O) groups is 1. The van der Waals surface area contributed by atoms with Crippen LogP contribution in [0.5, 0.6) is 0 Å². The molecule has 0 radical (unpaired) electrons. The molecular weight excluding hydrogens is 518 g/mol. The van der Waals surface area contributed by atoms with E-state index in [4.69, 9.17) is 0 Å². The Morgan fingerprint density at radius 2 is 1.59 bits per heavy atom. The average Bonchev–Trinajstić information content (AvgIpc) is 3.37. The Hall–Kier alpha value is -3.94. The van der Waals surface area contributed by atoms with Gasteiger partial charge in [0.05, 0.1) is 28.8 Å². The summed E-state index contributed by atoms with van der Waals surface area (Å²) in [7, 11) is -8.05. The smallest absolute Gasteiger partial charge is 0.305 e.